The van der Waals surface area contributed by atoms with E-state index in [4.69, 9.17) is 4.74 Å². The van der Waals surface area contributed by atoms with Crippen molar-refractivity contribution in [3.8, 4) is 5.75 Å². The van der Waals surface area contributed by atoms with E-state index in [0.29, 0.717) is 6.10 Å². The molecule has 8 heteroatoms. The van der Waals surface area contributed by atoms with Crippen LogP contribution >= 0.6 is 31.9 Å². The zero-order chi connectivity index (χ0) is 21.6. The normalized spacial score (nSPS) is 18.1. The molecule has 2 fully saturated rings. The van der Waals surface area contributed by atoms with Crippen LogP contribution in [0.4, 0.5) is 10.5 Å². The number of carbonyl (C=O) groups is 1. The molecule has 2 N–H and O–H groups in total. The summed E-state index contributed by atoms with van der Waals surface area (Å²) >= 11 is 7.12. The third-order valence-corrected chi connectivity index (χ3v) is 6.83. The molecule has 2 aromatic rings. The maximum Gasteiger partial charge on any atom is 0.321 e. The van der Waals surface area contributed by atoms with Crippen molar-refractivity contribution in [3.05, 3.63) is 57.0 Å². The summed E-state index contributed by atoms with van der Waals surface area (Å²) in [5.41, 5.74) is 2.05. The second-order valence-electron chi connectivity index (χ2n) is 8.04. The number of amides is 2. The van der Waals surface area contributed by atoms with Gasteiger partial charge in [0.2, 0.25) is 0 Å². The van der Waals surface area contributed by atoms with Gasteiger partial charge in [0, 0.05) is 42.9 Å². The topological polar surface area (TPSA) is 56.8 Å². The molecule has 2 amide bonds. The number of nitrogens with zero attached hydrogens (tertiary/aromatic N) is 2. The molecule has 166 valence electrons. The first-order chi connectivity index (χ1) is 15.1. The fraction of sp³-hybridized carbons (Fsp3) is 0.435. The van der Waals surface area contributed by atoms with Crippen LogP contribution in [0.5, 0.6) is 5.75 Å². The van der Waals surface area contributed by atoms with E-state index in [2.05, 4.69) is 65.6 Å². The van der Waals surface area contributed by atoms with E-state index in [9.17, 15) is 4.79 Å². The molecule has 2 aliphatic rings. The Morgan fingerprint density at radius 3 is 2.55 bits per heavy atom. The number of rotatable bonds is 5. The van der Waals surface area contributed by atoms with Crippen molar-refractivity contribution in [2.75, 3.05) is 44.6 Å². The molecule has 2 aromatic carbocycles. The molecule has 4 rings (SSSR count). The van der Waals surface area contributed by atoms with E-state index in [1.807, 2.05) is 29.2 Å². The van der Waals surface area contributed by atoms with Gasteiger partial charge in [-0.05, 0) is 77.8 Å². The predicted octanol–water partition coefficient (Wildman–Crippen LogP) is 4.69. The smallest absolute Gasteiger partial charge is 0.321 e. The Morgan fingerprint density at radius 1 is 1.06 bits per heavy atom. The van der Waals surface area contributed by atoms with Gasteiger partial charge in [-0.2, -0.15) is 0 Å². The Labute approximate surface area is 200 Å². The van der Waals surface area contributed by atoms with Gasteiger partial charge >= 0.3 is 6.03 Å². The maximum absolute atomic E-state index is 12.5. The van der Waals surface area contributed by atoms with Crippen molar-refractivity contribution in [2.24, 2.45) is 0 Å². The molecule has 2 heterocycles. The average Bonchev–Trinajstić information content (AvgIpc) is 2.77. The van der Waals surface area contributed by atoms with Crippen LogP contribution in [-0.4, -0.2) is 61.2 Å². The van der Waals surface area contributed by atoms with Crippen LogP contribution in [0.1, 0.15) is 18.4 Å². The quantitative estimate of drug-likeness (QED) is 0.566. The first-order valence-electron chi connectivity index (χ1n) is 10.8. The summed E-state index contributed by atoms with van der Waals surface area (Å²) < 4.78 is 8.14. The van der Waals surface area contributed by atoms with Gasteiger partial charge < -0.3 is 20.3 Å². The summed E-state index contributed by atoms with van der Waals surface area (Å²) in [6.07, 6.45) is 2.39. The minimum absolute atomic E-state index is 0.0418. The Hall–Kier alpha value is -1.61. The largest absolute Gasteiger partial charge is 0.489 e. The molecule has 0 aliphatic carbocycles. The Balaban J connectivity index is 1.25. The summed E-state index contributed by atoms with van der Waals surface area (Å²) in [6, 6.07) is 14.0. The highest BCUT2D eigenvalue weighted by atomic mass is 79.9. The number of hydrogen-bond acceptors (Lipinski definition) is 4. The maximum atomic E-state index is 12.5. The highest BCUT2D eigenvalue weighted by molar-refractivity contribution is 9.10. The highest BCUT2D eigenvalue weighted by Crippen LogP contribution is 2.29. The number of piperazine rings is 1. The van der Waals surface area contributed by atoms with Crippen LogP contribution < -0.4 is 15.4 Å². The minimum atomic E-state index is -0.0418. The van der Waals surface area contributed by atoms with Gasteiger partial charge in [-0.25, -0.2) is 4.79 Å². The lowest BCUT2D eigenvalue weighted by Crippen LogP contribution is -2.49. The van der Waals surface area contributed by atoms with Crippen molar-refractivity contribution in [3.63, 3.8) is 0 Å². The fourth-order valence-electron chi connectivity index (χ4n) is 3.97. The molecule has 0 spiro atoms. The lowest BCUT2D eigenvalue weighted by Gasteiger charge is -2.34. The van der Waals surface area contributed by atoms with Crippen molar-refractivity contribution >= 4 is 43.6 Å². The third kappa shape index (κ3) is 6.44. The molecule has 6 nitrogen and oxygen atoms in total. The van der Waals surface area contributed by atoms with Gasteiger partial charge in [-0.1, -0.05) is 28.1 Å². The molecule has 0 saturated carbocycles. The van der Waals surface area contributed by atoms with E-state index in [1.165, 1.54) is 5.56 Å². The van der Waals surface area contributed by atoms with Gasteiger partial charge in [-0.15, -0.1) is 0 Å². The van der Waals surface area contributed by atoms with Gasteiger partial charge in [0.25, 0.3) is 0 Å². The van der Waals surface area contributed by atoms with Gasteiger partial charge in [0.05, 0.1) is 4.47 Å². The Morgan fingerprint density at radius 2 is 1.84 bits per heavy atom. The second-order valence-corrected chi connectivity index (χ2v) is 9.81. The van der Waals surface area contributed by atoms with Gasteiger partial charge in [0.15, 0.2) is 0 Å². The molecule has 0 radical (unpaired) electrons. The number of nitrogens with one attached hydrogen (secondary N) is 2. The van der Waals surface area contributed by atoms with Gasteiger partial charge in [-0.3, -0.25) is 4.90 Å². The first kappa shape index (κ1) is 22.6. The molecule has 0 atom stereocenters. The number of anilines is 1. The van der Waals surface area contributed by atoms with Crippen LogP contribution in [0.3, 0.4) is 0 Å². The average molecular weight is 552 g/mol. The molecule has 2 aliphatic heterocycles. The number of halogens is 2. The highest BCUT2D eigenvalue weighted by Gasteiger charge is 2.22. The van der Waals surface area contributed by atoms with Gasteiger partial charge in [0.1, 0.15) is 11.9 Å². The number of carbonyl (C=O) groups excluding carboxylic acids is 1. The SMILES string of the molecule is O=C(Nc1cccc(Br)c1)N1CCN(Cc2ccc(OC3CCNCC3)c(Br)c2)CC1. The molecule has 0 unspecified atom stereocenters. The molecule has 31 heavy (non-hydrogen) atoms. The van der Waals surface area contributed by atoms with E-state index in [1.54, 1.807) is 0 Å². The predicted molar refractivity (Wildman–Crippen MR) is 131 cm³/mol. The summed E-state index contributed by atoms with van der Waals surface area (Å²) in [7, 11) is 0. The number of urea groups is 1. The zero-order valence-corrected chi connectivity index (χ0v) is 20.6. The second kappa shape index (κ2) is 10.8. The van der Waals surface area contributed by atoms with Crippen LogP contribution in [0.2, 0.25) is 0 Å². The molecule has 0 aromatic heterocycles. The van der Waals surface area contributed by atoms with Crippen molar-refractivity contribution in [2.45, 2.75) is 25.5 Å². The first-order valence-corrected chi connectivity index (χ1v) is 12.3. The van der Waals surface area contributed by atoms with Crippen molar-refractivity contribution in [1.29, 1.82) is 0 Å². The van der Waals surface area contributed by atoms with Crippen molar-refractivity contribution < 1.29 is 9.53 Å². The molecular formula is C23H28Br2N4O2. The monoisotopic (exact) mass is 550 g/mol. The third-order valence-electron chi connectivity index (χ3n) is 5.72. The van der Waals surface area contributed by atoms with Crippen LogP contribution in [0, 0.1) is 0 Å². The number of benzene rings is 2. The number of ether oxygens (including phenoxy) is 1. The van der Waals surface area contributed by atoms with Crippen molar-refractivity contribution in [1.82, 2.24) is 15.1 Å². The van der Waals surface area contributed by atoms with Crippen LogP contribution in [0.15, 0.2) is 51.4 Å². The minimum Gasteiger partial charge on any atom is -0.489 e. The Bertz CT molecular complexity index is 897. The zero-order valence-electron chi connectivity index (χ0n) is 17.4. The standard InChI is InChI=1S/C23H28Br2N4O2/c24-18-2-1-3-19(15-18)27-23(30)29-12-10-28(11-13-29)16-17-4-5-22(21(25)14-17)31-20-6-8-26-9-7-20/h1-5,14-15,20,26H,6-13,16H2,(H,27,30). The fourth-order valence-corrected chi connectivity index (χ4v) is 4.89. The Kier molecular flexibility index (Phi) is 7.87. The molecule has 2 saturated heterocycles. The van der Waals surface area contributed by atoms with E-state index in [0.717, 1.165) is 79.0 Å². The number of piperidine rings is 1. The summed E-state index contributed by atoms with van der Waals surface area (Å²) in [4.78, 5) is 16.8. The summed E-state index contributed by atoms with van der Waals surface area (Å²) in [5.74, 6) is 0.921. The van der Waals surface area contributed by atoms with Crippen LogP contribution in [0.25, 0.3) is 0 Å². The van der Waals surface area contributed by atoms with E-state index < -0.39 is 0 Å². The lowest BCUT2D eigenvalue weighted by atomic mass is 10.1. The summed E-state index contributed by atoms with van der Waals surface area (Å²) in [5, 5.41) is 6.34. The lowest BCUT2D eigenvalue weighted by molar-refractivity contribution is 0.142. The summed E-state index contributed by atoms with van der Waals surface area (Å²) in [6.45, 7) is 6.07. The molecule has 0 bridgehead atoms. The number of hydrogen-bond donors (Lipinski definition) is 2. The van der Waals surface area contributed by atoms with E-state index >= 15 is 0 Å². The van der Waals surface area contributed by atoms with E-state index in [-0.39, 0.29) is 6.03 Å². The van der Waals surface area contributed by atoms with Crippen LogP contribution in [-0.2, 0) is 6.54 Å². The molecular weight excluding hydrogens is 524 g/mol.